The van der Waals surface area contributed by atoms with Crippen LogP contribution in [0, 0.1) is 24.7 Å². The van der Waals surface area contributed by atoms with Crippen LogP contribution in [-0.4, -0.2) is 23.2 Å². The number of hydrogen-bond donors (Lipinski definition) is 2. The fourth-order valence-electron chi connectivity index (χ4n) is 2.40. The van der Waals surface area contributed by atoms with Crippen LogP contribution in [0.2, 0.25) is 0 Å². The first kappa shape index (κ1) is 18.6. The fourth-order valence-corrected chi connectivity index (χ4v) is 2.40. The van der Waals surface area contributed by atoms with E-state index in [-0.39, 0.29) is 11.6 Å². The van der Waals surface area contributed by atoms with Gasteiger partial charge < -0.3 is 10.5 Å². The lowest BCUT2D eigenvalue weighted by atomic mass is 9.90. The lowest BCUT2D eigenvalue weighted by Gasteiger charge is -2.21. The third-order valence-electron chi connectivity index (χ3n) is 4.45. The lowest BCUT2D eigenvalue weighted by Crippen LogP contribution is -2.29. The minimum atomic E-state index is -0.534. The highest BCUT2D eigenvalue weighted by Gasteiger charge is 2.24. The molecule has 0 aliphatic heterocycles. The molecule has 0 amide bonds. The normalized spacial score (nSPS) is 11.2. The van der Waals surface area contributed by atoms with Gasteiger partial charge in [0.2, 0.25) is 5.88 Å². The molecule has 2 rings (SSSR count). The minimum Gasteiger partial charge on any atom is -0.477 e. The van der Waals surface area contributed by atoms with E-state index in [0.29, 0.717) is 12.5 Å². The Bertz CT molecular complexity index is 826. The highest BCUT2D eigenvalue weighted by molar-refractivity contribution is 5.97. The lowest BCUT2D eigenvalue weighted by molar-refractivity contribution is -0.126. The number of aryl methyl sites for hydroxylation is 2. The number of aromatic nitrogens is 1. The Labute approximate surface area is 148 Å². The SMILES string of the molecule is CC(=O)C(C)(C)COc1cc(C)c(-c2ccc(C(=N)N)c(C)c2)cn1. The number of nitrogens with two attached hydrogens (primary N) is 1. The fraction of sp³-hybridized carbons (Fsp3) is 0.350. The molecule has 1 aromatic carbocycles. The Morgan fingerprint density at radius 3 is 2.44 bits per heavy atom. The van der Waals surface area contributed by atoms with Crippen molar-refractivity contribution in [1.82, 2.24) is 4.98 Å². The first-order valence-electron chi connectivity index (χ1n) is 8.18. The molecule has 0 unspecified atom stereocenters. The Kier molecular flexibility index (Phi) is 5.26. The molecule has 1 aromatic heterocycles. The summed E-state index contributed by atoms with van der Waals surface area (Å²) in [6.45, 7) is 9.50. The predicted octanol–water partition coefficient (Wildman–Crippen LogP) is 3.64. The number of carbonyl (C=O) groups is 1. The second-order valence-corrected chi connectivity index (χ2v) is 7.01. The number of nitrogen functional groups attached to an aromatic ring is 1. The maximum absolute atomic E-state index is 11.6. The summed E-state index contributed by atoms with van der Waals surface area (Å²) in [5, 5.41) is 7.57. The molecule has 25 heavy (non-hydrogen) atoms. The standard InChI is InChI=1S/C20H25N3O2/c1-12-8-15(6-7-16(12)19(21)22)17-10-23-18(9-13(17)2)25-11-20(4,5)14(3)24/h6-10H,11H2,1-5H3,(H3,21,22). The van der Waals surface area contributed by atoms with Gasteiger partial charge in [0.25, 0.3) is 0 Å². The Balaban J connectivity index is 2.24. The van der Waals surface area contributed by atoms with Gasteiger partial charge in [-0.2, -0.15) is 0 Å². The van der Waals surface area contributed by atoms with Crippen LogP contribution in [0.15, 0.2) is 30.5 Å². The van der Waals surface area contributed by atoms with E-state index in [4.69, 9.17) is 15.9 Å². The van der Waals surface area contributed by atoms with Crippen LogP contribution in [-0.2, 0) is 4.79 Å². The topological polar surface area (TPSA) is 89.1 Å². The van der Waals surface area contributed by atoms with E-state index >= 15 is 0 Å². The first-order valence-corrected chi connectivity index (χ1v) is 8.18. The van der Waals surface area contributed by atoms with Crippen LogP contribution in [0.1, 0.15) is 37.5 Å². The number of nitrogens with one attached hydrogen (secondary N) is 1. The number of nitrogens with zero attached hydrogens (tertiary/aromatic N) is 1. The van der Waals surface area contributed by atoms with Crippen LogP contribution in [0.25, 0.3) is 11.1 Å². The number of carbonyl (C=O) groups excluding carboxylic acids is 1. The number of Topliss-reactive ketones (excluding diaryl/α,β-unsaturated/α-hetero) is 1. The van der Waals surface area contributed by atoms with Gasteiger partial charge in [-0.25, -0.2) is 4.98 Å². The van der Waals surface area contributed by atoms with Crippen LogP contribution in [0.3, 0.4) is 0 Å². The zero-order valence-corrected chi connectivity index (χ0v) is 15.4. The van der Waals surface area contributed by atoms with E-state index in [1.165, 1.54) is 0 Å². The summed E-state index contributed by atoms with van der Waals surface area (Å²) in [7, 11) is 0. The summed E-state index contributed by atoms with van der Waals surface area (Å²) in [6, 6.07) is 7.67. The van der Waals surface area contributed by atoms with Gasteiger partial charge in [0, 0.05) is 23.4 Å². The van der Waals surface area contributed by atoms with Gasteiger partial charge in [0.15, 0.2) is 0 Å². The number of pyridine rings is 1. The van der Waals surface area contributed by atoms with Crippen molar-refractivity contribution < 1.29 is 9.53 Å². The molecule has 0 atom stereocenters. The molecule has 0 spiro atoms. The van der Waals surface area contributed by atoms with E-state index in [2.05, 4.69) is 4.98 Å². The summed E-state index contributed by atoms with van der Waals surface area (Å²) in [5.41, 5.74) is 9.77. The number of ketones is 1. The molecule has 0 bridgehead atoms. The molecule has 0 saturated heterocycles. The second-order valence-electron chi connectivity index (χ2n) is 7.01. The molecule has 2 aromatic rings. The highest BCUT2D eigenvalue weighted by Crippen LogP contribution is 2.27. The van der Waals surface area contributed by atoms with E-state index in [1.54, 1.807) is 13.1 Å². The Morgan fingerprint density at radius 1 is 1.24 bits per heavy atom. The molecule has 132 valence electrons. The molecule has 0 aliphatic rings. The van der Waals surface area contributed by atoms with Crippen LogP contribution < -0.4 is 10.5 Å². The van der Waals surface area contributed by atoms with Crippen molar-refractivity contribution in [2.24, 2.45) is 11.1 Å². The Morgan fingerprint density at radius 2 is 1.92 bits per heavy atom. The van der Waals surface area contributed by atoms with Gasteiger partial charge in [-0.05, 0) is 51.3 Å². The Hall–Kier alpha value is -2.69. The van der Waals surface area contributed by atoms with Crippen LogP contribution >= 0.6 is 0 Å². The van der Waals surface area contributed by atoms with Crippen molar-refractivity contribution in [3.63, 3.8) is 0 Å². The summed E-state index contributed by atoms with van der Waals surface area (Å²) >= 11 is 0. The maximum atomic E-state index is 11.6. The average Bonchev–Trinajstić information content (AvgIpc) is 2.52. The van der Waals surface area contributed by atoms with Crippen molar-refractivity contribution >= 4 is 11.6 Å². The quantitative estimate of drug-likeness (QED) is 0.621. The highest BCUT2D eigenvalue weighted by atomic mass is 16.5. The molecular weight excluding hydrogens is 314 g/mol. The largest absolute Gasteiger partial charge is 0.477 e. The van der Waals surface area contributed by atoms with Gasteiger partial charge >= 0.3 is 0 Å². The number of hydrogen-bond acceptors (Lipinski definition) is 4. The molecule has 0 fully saturated rings. The zero-order valence-electron chi connectivity index (χ0n) is 15.4. The second kappa shape index (κ2) is 7.05. The summed E-state index contributed by atoms with van der Waals surface area (Å²) in [6.07, 6.45) is 1.77. The molecule has 0 radical (unpaired) electrons. The van der Waals surface area contributed by atoms with Crippen molar-refractivity contribution in [2.75, 3.05) is 6.61 Å². The van der Waals surface area contributed by atoms with Crippen molar-refractivity contribution in [3.05, 3.63) is 47.2 Å². The van der Waals surface area contributed by atoms with Crippen LogP contribution in [0.5, 0.6) is 5.88 Å². The third kappa shape index (κ3) is 4.24. The number of benzene rings is 1. The minimum absolute atomic E-state index is 0.0655. The molecule has 0 aliphatic carbocycles. The van der Waals surface area contributed by atoms with E-state index in [0.717, 1.165) is 27.8 Å². The molecular formula is C20H25N3O2. The van der Waals surface area contributed by atoms with Crippen molar-refractivity contribution in [2.45, 2.75) is 34.6 Å². The number of amidine groups is 1. The van der Waals surface area contributed by atoms with E-state index in [9.17, 15) is 4.79 Å². The van der Waals surface area contributed by atoms with Crippen molar-refractivity contribution in [1.29, 1.82) is 5.41 Å². The van der Waals surface area contributed by atoms with Crippen LogP contribution in [0.4, 0.5) is 0 Å². The van der Waals surface area contributed by atoms with E-state index < -0.39 is 5.41 Å². The first-order chi connectivity index (χ1) is 11.6. The molecule has 1 heterocycles. The summed E-state index contributed by atoms with van der Waals surface area (Å²) < 4.78 is 5.70. The molecule has 0 saturated carbocycles. The summed E-state index contributed by atoms with van der Waals surface area (Å²) in [4.78, 5) is 15.9. The van der Waals surface area contributed by atoms with Gasteiger partial charge in [-0.15, -0.1) is 0 Å². The maximum Gasteiger partial charge on any atom is 0.213 e. The summed E-state index contributed by atoms with van der Waals surface area (Å²) in [5.74, 6) is 0.658. The zero-order chi connectivity index (χ0) is 18.8. The van der Waals surface area contributed by atoms with Crippen molar-refractivity contribution in [3.8, 4) is 17.0 Å². The van der Waals surface area contributed by atoms with Gasteiger partial charge in [-0.3, -0.25) is 10.2 Å². The molecule has 5 nitrogen and oxygen atoms in total. The van der Waals surface area contributed by atoms with Gasteiger partial charge in [-0.1, -0.05) is 18.2 Å². The monoisotopic (exact) mass is 339 g/mol. The number of rotatable bonds is 6. The third-order valence-corrected chi connectivity index (χ3v) is 4.45. The molecule has 3 N–H and O–H groups in total. The molecule has 5 heteroatoms. The number of ether oxygens (including phenoxy) is 1. The average molecular weight is 339 g/mol. The van der Waals surface area contributed by atoms with Gasteiger partial charge in [0.1, 0.15) is 18.2 Å². The van der Waals surface area contributed by atoms with Gasteiger partial charge in [0.05, 0.1) is 5.41 Å². The smallest absolute Gasteiger partial charge is 0.213 e. The van der Waals surface area contributed by atoms with E-state index in [1.807, 2.05) is 52.0 Å². The predicted molar refractivity (Wildman–Crippen MR) is 100 cm³/mol.